The van der Waals surface area contributed by atoms with E-state index in [0.717, 1.165) is 19.4 Å². The van der Waals surface area contributed by atoms with Crippen LogP contribution in [0.3, 0.4) is 0 Å². The van der Waals surface area contributed by atoms with Gasteiger partial charge < -0.3 is 15.4 Å². The highest BCUT2D eigenvalue weighted by molar-refractivity contribution is 6.35. The van der Waals surface area contributed by atoms with Crippen molar-refractivity contribution < 1.29 is 4.74 Å². The van der Waals surface area contributed by atoms with Gasteiger partial charge in [0.25, 0.3) is 0 Å². The monoisotopic (exact) mass is 316 g/mol. The summed E-state index contributed by atoms with van der Waals surface area (Å²) in [5.74, 6) is 0.690. The second kappa shape index (κ2) is 7.51. The van der Waals surface area contributed by atoms with Gasteiger partial charge in [-0.3, -0.25) is 0 Å². The molecule has 5 heteroatoms. The Morgan fingerprint density at radius 1 is 1.25 bits per heavy atom. The van der Waals surface area contributed by atoms with E-state index in [4.69, 9.17) is 33.7 Å². The normalized spacial score (nSPS) is 23.1. The summed E-state index contributed by atoms with van der Waals surface area (Å²) in [6.45, 7) is 1.51. The Bertz CT molecular complexity index is 434. The van der Waals surface area contributed by atoms with Crippen LogP contribution in [0.1, 0.15) is 25.7 Å². The molecular weight excluding hydrogens is 295 g/mol. The van der Waals surface area contributed by atoms with Gasteiger partial charge in [0.05, 0.1) is 5.02 Å². The third kappa shape index (κ3) is 4.52. The Morgan fingerprint density at radius 3 is 2.60 bits per heavy atom. The molecule has 0 spiro atoms. The van der Waals surface area contributed by atoms with E-state index in [1.807, 2.05) is 6.07 Å². The zero-order valence-electron chi connectivity index (χ0n) is 11.8. The third-order valence-electron chi connectivity index (χ3n) is 3.96. The van der Waals surface area contributed by atoms with Gasteiger partial charge >= 0.3 is 0 Å². The Morgan fingerprint density at radius 2 is 1.95 bits per heavy atom. The van der Waals surface area contributed by atoms with E-state index in [1.54, 1.807) is 12.1 Å². The highest BCUT2D eigenvalue weighted by atomic mass is 35.5. The number of nitrogens with two attached hydrogens (primary N) is 1. The average molecular weight is 317 g/mol. The van der Waals surface area contributed by atoms with E-state index >= 15 is 0 Å². The molecule has 3 nitrogen and oxygen atoms in total. The predicted molar refractivity (Wildman–Crippen MR) is 84.8 cm³/mol. The molecule has 0 radical (unpaired) electrons. The molecule has 0 aliphatic heterocycles. The molecule has 0 unspecified atom stereocenters. The fraction of sp³-hybridized carbons (Fsp3) is 0.600. The average Bonchev–Trinajstić information content (AvgIpc) is 2.42. The van der Waals surface area contributed by atoms with Gasteiger partial charge in [-0.1, -0.05) is 23.2 Å². The maximum absolute atomic E-state index is 6.07. The first-order valence-electron chi connectivity index (χ1n) is 7.10. The number of ether oxygens (including phenoxy) is 1. The van der Waals surface area contributed by atoms with Crippen LogP contribution in [0.25, 0.3) is 0 Å². The van der Waals surface area contributed by atoms with E-state index in [9.17, 15) is 0 Å². The van der Waals surface area contributed by atoms with Crippen LogP contribution < -0.4 is 10.5 Å². The molecule has 112 valence electrons. The Hall–Kier alpha value is -0.480. The van der Waals surface area contributed by atoms with E-state index < -0.39 is 0 Å². The van der Waals surface area contributed by atoms with Crippen molar-refractivity contribution in [2.75, 3.05) is 20.2 Å². The van der Waals surface area contributed by atoms with E-state index in [-0.39, 0.29) is 0 Å². The number of nitrogens with zero attached hydrogens (tertiary/aromatic N) is 1. The molecule has 20 heavy (non-hydrogen) atoms. The van der Waals surface area contributed by atoms with E-state index in [1.165, 1.54) is 12.8 Å². The maximum Gasteiger partial charge on any atom is 0.138 e. The summed E-state index contributed by atoms with van der Waals surface area (Å²) in [7, 11) is 2.15. The van der Waals surface area contributed by atoms with Gasteiger partial charge in [-0.05, 0) is 50.9 Å². The van der Waals surface area contributed by atoms with Gasteiger partial charge in [0.2, 0.25) is 0 Å². The van der Waals surface area contributed by atoms with Crippen LogP contribution in [0, 0.1) is 0 Å². The van der Waals surface area contributed by atoms with E-state index in [2.05, 4.69) is 11.9 Å². The molecule has 1 saturated carbocycles. The van der Waals surface area contributed by atoms with Gasteiger partial charge in [0, 0.05) is 23.7 Å². The van der Waals surface area contributed by atoms with Crippen LogP contribution in [0.15, 0.2) is 18.2 Å². The lowest BCUT2D eigenvalue weighted by molar-refractivity contribution is 0.154. The summed E-state index contributed by atoms with van der Waals surface area (Å²) >= 11 is 11.9. The van der Waals surface area contributed by atoms with Crippen molar-refractivity contribution in [1.29, 1.82) is 0 Å². The number of benzene rings is 1. The summed E-state index contributed by atoms with van der Waals surface area (Å²) in [6.07, 6.45) is 4.61. The maximum atomic E-state index is 6.07. The van der Waals surface area contributed by atoms with Gasteiger partial charge in [-0.15, -0.1) is 0 Å². The molecule has 1 aliphatic carbocycles. The zero-order valence-corrected chi connectivity index (χ0v) is 13.3. The first-order chi connectivity index (χ1) is 9.56. The van der Waals surface area contributed by atoms with E-state index in [0.29, 0.717) is 34.5 Å². The van der Waals surface area contributed by atoms with Crippen molar-refractivity contribution in [3.63, 3.8) is 0 Å². The molecular formula is C15H22Cl2N2O. The van der Waals surface area contributed by atoms with Crippen molar-refractivity contribution >= 4 is 23.2 Å². The second-order valence-corrected chi connectivity index (χ2v) is 6.32. The lowest BCUT2D eigenvalue weighted by Crippen LogP contribution is -2.40. The molecule has 0 atom stereocenters. The Labute approximate surface area is 131 Å². The molecule has 0 amide bonds. The number of hydrogen-bond acceptors (Lipinski definition) is 3. The number of hydrogen-bond donors (Lipinski definition) is 1. The van der Waals surface area contributed by atoms with Crippen molar-refractivity contribution in [3.8, 4) is 5.75 Å². The summed E-state index contributed by atoms with van der Waals surface area (Å²) in [4.78, 5) is 2.36. The van der Waals surface area contributed by atoms with Crippen LogP contribution in [0.2, 0.25) is 10.0 Å². The largest absolute Gasteiger partial charge is 0.491 e. The predicted octanol–water partition coefficient (Wildman–Crippen LogP) is 3.57. The third-order valence-corrected chi connectivity index (χ3v) is 4.49. The highest BCUT2D eigenvalue weighted by Crippen LogP contribution is 2.27. The minimum absolute atomic E-state index is 0.392. The summed E-state index contributed by atoms with van der Waals surface area (Å²) in [6, 6.07) is 6.31. The molecule has 0 bridgehead atoms. The molecule has 1 aliphatic rings. The standard InChI is InChI=1S/C15H22Cl2N2O/c1-19(13-5-3-12(18)4-6-13)8-9-20-15-7-2-11(16)10-14(15)17/h2,7,10,12-13H,3-6,8-9,18H2,1H3. The lowest BCUT2D eigenvalue weighted by atomic mass is 9.91. The van der Waals surface area contributed by atoms with Crippen LogP contribution >= 0.6 is 23.2 Å². The first kappa shape index (κ1) is 15.9. The van der Waals surface area contributed by atoms with Crippen LogP contribution in [-0.2, 0) is 0 Å². The molecule has 2 N–H and O–H groups in total. The van der Waals surface area contributed by atoms with Gasteiger partial charge in [0.1, 0.15) is 12.4 Å². The SMILES string of the molecule is CN(CCOc1ccc(Cl)cc1Cl)C1CCC(N)CC1. The molecule has 0 aromatic heterocycles. The molecule has 2 rings (SSSR count). The minimum Gasteiger partial charge on any atom is -0.491 e. The topological polar surface area (TPSA) is 38.5 Å². The summed E-state index contributed by atoms with van der Waals surface area (Å²) in [5, 5.41) is 1.18. The smallest absolute Gasteiger partial charge is 0.138 e. The van der Waals surface area contributed by atoms with Crippen molar-refractivity contribution in [2.45, 2.75) is 37.8 Å². The van der Waals surface area contributed by atoms with Gasteiger partial charge in [-0.25, -0.2) is 0 Å². The van der Waals surface area contributed by atoms with Crippen molar-refractivity contribution in [1.82, 2.24) is 4.90 Å². The zero-order chi connectivity index (χ0) is 14.5. The van der Waals surface area contributed by atoms with Crippen molar-refractivity contribution in [2.24, 2.45) is 5.73 Å². The number of likely N-dealkylation sites (N-methyl/N-ethyl adjacent to an activating group) is 1. The first-order valence-corrected chi connectivity index (χ1v) is 7.85. The molecule has 1 aromatic rings. The van der Waals surface area contributed by atoms with Gasteiger partial charge in [-0.2, -0.15) is 0 Å². The van der Waals surface area contributed by atoms with Crippen LogP contribution in [0.4, 0.5) is 0 Å². The van der Waals surface area contributed by atoms with Crippen LogP contribution in [0.5, 0.6) is 5.75 Å². The number of rotatable bonds is 5. The minimum atomic E-state index is 0.392. The quantitative estimate of drug-likeness (QED) is 0.902. The van der Waals surface area contributed by atoms with Crippen LogP contribution in [-0.4, -0.2) is 37.2 Å². The summed E-state index contributed by atoms with van der Waals surface area (Å²) < 4.78 is 5.72. The molecule has 0 saturated heterocycles. The fourth-order valence-corrected chi connectivity index (χ4v) is 3.08. The van der Waals surface area contributed by atoms with Gasteiger partial charge in [0.15, 0.2) is 0 Å². The lowest BCUT2D eigenvalue weighted by Gasteiger charge is -2.33. The summed E-state index contributed by atoms with van der Waals surface area (Å²) in [5.41, 5.74) is 5.93. The second-order valence-electron chi connectivity index (χ2n) is 5.47. The Kier molecular flexibility index (Phi) is 5.97. The number of halogens is 2. The highest BCUT2D eigenvalue weighted by Gasteiger charge is 2.21. The van der Waals surface area contributed by atoms with Crippen molar-refractivity contribution in [3.05, 3.63) is 28.2 Å². The Balaban J connectivity index is 1.75. The molecule has 0 heterocycles. The fourth-order valence-electron chi connectivity index (χ4n) is 2.62. The molecule has 1 aromatic carbocycles. The molecule has 1 fully saturated rings.